The predicted octanol–water partition coefficient (Wildman–Crippen LogP) is 9.06. The number of allylic oxidation sites excluding steroid dienone is 4. The van der Waals surface area contributed by atoms with E-state index in [2.05, 4.69) is 108 Å². The molecule has 7 rings (SSSR count). The molecule has 34 heavy (non-hydrogen) atoms. The first-order chi connectivity index (χ1) is 16.9. The number of hydrogen-bond acceptors (Lipinski definition) is 4. The van der Waals surface area contributed by atoms with Gasteiger partial charge in [0.2, 0.25) is 0 Å². The van der Waals surface area contributed by atoms with Crippen LogP contribution in [0.15, 0.2) is 112 Å². The number of nitrogens with one attached hydrogen (secondary N) is 1. The average molecular weight is 492 g/mol. The number of thiophene rings is 1. The molecule has 0 bridgehead atoms. The van der Waals surface area contributed by atoms with Gasteiger partial charge in [0.05, 0.1) is 5.25 Å². The molecule has 0 amide bonds. The molecule has 3 aliphatic rings. The Kier molecular flexibility index (Phi) is 5.04. The second-order valence-corrected chi connectivity index (χ2v) is 11.6. The van der Waals surface area contributed by atoms with Crippen molar-refractivity contribution in [2.75, 3.05) is 6.54 Å². The van der Waals surface area contributed by atoms with E-state index in [0.717, 1.165) is 6.54 Å². The van der Waals surface area contributed by atoms with Crippen molar-refractivity contribution in [1.82, 2.24) is 5.32 Å². The van der Waals surface area contributed by atoms with E-state index < -0.39 is 0 Å². The fourth-order valence-electron chi connectivity index (χ4n) is 4.94. The van der Waals surface area contributed by atoms with E-state index >= 15 is 0 Å². The third-order valence-corrected chi connectivity index (χ3v) is 10.0. The van der Waals surface area contributed by atoms with Crippen LogP contribution in [-0.4, -0.2) is 6.54 Å². The van der Waals surface area contributed by atoms with E-state index in [1.807, 2.05) is 34.9 Å². The second kappa shape index (κ2) is 8.38. The van der Waals surface area contributed by atoms with E-state index in [1.54, 1.807) is 0 Å². The Labute approximate surface area is 212 Å². The Morgan fingerprint density at radius 3 is 2.56 bits per heavy atom. The lowest BCUT2D eigenvalue weighted by Crippen LogP contribution is -2.15. The van der Waals surface area contributed by atoms with Crippen LogP contribution >= 0.6 is 34.9 Å². The molecular formula is C30H21NS3. The number of fused-ring (bicyclic) bond motifs is 7. The lowest BCUT2D eigenvalue weighted by molar-refractivity contribution is 0.989. The van der Waals surface area contributed by atoms with Crippen LogP contribution in [0, 0.1) is 0 Å². The molecule has 164 valence electrons. The van der Waals surface area contributed by atoms with Gasteiger partial charge in [-0.2, -0.15) is 0 Å². The van der Waals surface area contributed by atoms with Gasteiger partial charge >= 0.3 is 0 Å². The maximum atomic E-state index is 3.60. The van der Waals surface area contributed by atoms with Gasteiger partial charge in [-0.05, 0) is 28.7 Å². The molecule has 1 nitrogen and oxygen atoms in total. The van der Waals surface area contributed by atoms with Gasteiger partial charge in [-0.15, -0.1) is 23.1 Å². The van der Waals surface area contributed by atoms with Crippen LogP contribution < -0.4 is 5.32 Å². The summed E-state index contributed by atoms with van der Waals surface area (Å²) in [5.74, 6) is 0. The molecule has 4 heteroatoms. The summed E-state index contributed by atoms with van der Waals surface area (Å²) in [4.78, 5) is 4.10. The smallest absolute Gasteiger partial charge is 0.0533 e. The lowest BCUT2D eigenvalue weighted by Gasteiger charge is -2.21. The monoisotopic (exact) mass is 491 g/mol. The van der Waals surface area contributed by atoms with E-state index in [9.17, 15) is 0 Å². The normalized spacial score (nSPS) is 18.0. The van der Waals surface area contributed by atoms with E-state index in [1.165, 1.54) is 58.3 Å². The zero-order valence-corrected chi connectivity index (χ0v) is 20.8. The third kappa shape index (κ3) is 3.24. The quantitative estimate of drug-likeness (QED) is 0.264. The molecule has 3 aromatic carbocycles. The highest BCUT2D eigenvalue weighted by Crippen LogP contribution is 2.57. The number of thioether (sulfide) groups is 1. The highest BCUT2D eigenvalue weighted by molar-refractivity contribution is 8.02. The zero-order chi connectivity index (χ0) is 22.5. The molecule has 4 heterocycles. The van der Waals surface area contributed by atoms with Gasteiger partial charge in [-0.3, -0.25) is 0 Å². The Morgan fingerprint density at radius 2 is 1.68 bits per heavy atom. The number of benzene rings is 3. The van der Waals surface area contributed by atoms with Crippen LogP contribution in [0.3, 0.4) is 0 Å². The molecule has 0 fully saturated rings. The van der Waals surface area contributed by atoms with Crippen molar-refractivity contribution in [2.24, 2.45) is 0 Å². The standard InChI is InChI=1S/C30H21NS3/c1-2-16-26-20(9-1)27-22-12-8-11-21(25-15-4-6-18-32-25)29(22)34-28-19(24-14-3-5-17-31-24)10-7-13-23(28)30(27)33-26/h1-16,18,25,31H,17H2. The van der Waals surface area contributed by atoms with Crippen LogP contribution in [-0.2, 0) is 0 Å². The SMILES string of the molecule is C1=CCNC(c2cccc3c2Sc2c(cccc2C2C=CC=CS2)-c2c-3sc3ccccc23)=C1. The minimum absolute atomic E-state index is 0.324. The first kappa shape index (κ1) is 20.5. The molecule has 0 aliphatic carbocycles. The van der Waals surface area contributed by atoms with Crippen molar-refractivity contribution in [3.63, 3.8) is 0 Å². The Hall–Kier alpha value is -2.92. The zero-order valence-electron chi connectivity index (χ0n) is 18.3. The maximum Gasteiger partial charge on any atom is 0.0533 e. The summed E-state index contributed by atoms with van der Waals surface area (Å²) < 4.78 is 1.35. The highest BCUT2D eigenvalue weighted by Gasteiger charge is 2.29. The molecule has 0 saturated heterocycles. The summed E-state index contributed by atoms with van der Waals surface area (Å²) in [5.41, 5.74) is 7.94. The number of hydrogen-bond donors (Lipinski definition) is 1. The first-order valence-corrected chi connectivity index (χ1v) is 14.0. The van der Waals surface area contributed by atoms with Gasteiger partial charge in [-0.25, -0.2) is 0 Å². The summed E-state index contributed by atoms with van der Waals surface area (Å²) >= 11 is 5.75. The molecule has 1 N–H and O–H groups in total. The van der Waals surface area contributed by atoms with Gasteiger partial charge in [0.1, 0.15) is 0 Å². The molecule has 0 spiro atoms. The van der Waals surface area contributed by atoms with E-state index in [4.69, 9.17) is 0 Å². The summed E-state index contributed by atoms with van der Waals surface area (Å²) in [5, 5.41) is 7.48. The molecule has 0 radical (unpaired) electrons. The molecule has 4 aromatic rings. The highest BCUT2D eigenvalue weighted by atomic mass is 32.2. The van der Waals surface area contributed by atoms with Crippen LogP contribution in [0.4, 0.5) is 0 Å². The van der Waals surface area contributed by atoms with Crippen LogP contribution in [0.25, 0.3) is 37.4 Å². The maximum absolute atomic E-state index is 3.60. The Morgan fingerprint density at radius 1 is 0.794 bits per heavy atom. The van der Waals surface area contributed by atoms with Gasteiger partial charge in [0, 0.05) is 53.7 Å². The third-order valence-electron chi connectivity index (χ3n) is 6.48. The van der Waals surface area contributed by atoms with Gasteiger partial charge in [0.25, 0.3) is 0 Å². The van der Waals surface area contributed by atoms with Crippen molar-refractivity contribution >= 4 is 50.6 Å². The van der Waals surface area contributed by atoms with Crippen LogP contribution in [0.1, 0.15) is 16.4 Å². The minimum atomic E-state index is 0.324. The van der Waals surface area contributed by atoms with Crippen molar-refractivity contribution in [3.05, 3.63) is 114 Å². The Balaban J connectivity index is 1.56. The molecule has 3 aliphatic heterocycles. The van der Waals surface area contributed by atoms with Crippen molar-refractivity contribution < 1.29 is 0 Å². The van der Waals surface area contributed by atoms with Gasteiger partial charge in [-0.1, -0.05) is 96.7 Å². The summed E-state index contributed by atoms with van der Waals surface area (Å²) in [6.45, 7) is 0.867. The molecular weight excluding hydrogens is 471 g/mol. The molecule has 1 aromatic heterocycles. The van der Waals surface area contributed by atoms with Gasteiger partial charge < -0.3 is 5.32 Å². The molecule has 1 unspecified atom stereocenters. The lowest BCUT2D eigenvalue weighted by atomic mass is 9.95. The molecule has 0 saturated carbocycles. The molecule has 1 atom stereocenters. The summed E-state index contributed by atoms with van der Waals surface area (Å²) in [6.07, 6.45) is 13.1. The topological polar surface area (TPSA) is 12.0 Å². The number of dihydropyridines is 1. The summed E-state index contributed by atoms with van der Waals surface area (Å²) in [7, 11) is 0. The van der Waals surface area contributed by atoms with Crippen molar-refractivity contribution in [3.8, 4) is 21.6 Å². The average Bonchev–Trinajstić information content (AvgIpc) is 3.22. The first-order valence-electron chi connectivity index (χ1n) is 11.4. The van der Waals surface area contributed by atoms with E-state index in [0.29, 0.717) is 5.25 Å². The fourth-order valence-corrected chi connectivity index (χ4v) is 8.57. The minimum Gasteiger partial charge on any atom is -0.381 e. The van der Waals surface area contributed by atoms with Gasteiger partial charge in [0.15, 0.2) is 0 Å². The predicted molar refractivity (Wildman–Crippen MR) is 151 cm³/mol. The summed E-state index contributed by atoms with van der Waals surface area (Å²) in [6, 6.07) is 22.5. The van der Waals surface area contributed by atoms with Crippen molar-refractivity contribution in [1.29, 1.82) is 0 Å². The number of rotatable bonds is 2. The van der Waals surface area contributed by atoms with E-state index in [-0.39, 0.29) is 0 Å². The van der Waals surface area contributed by atoms with Crippen LogP contribution in [0.5, 0.6) is 0 Å². The largest absolute Gasteiger partial charge is 0.381 e. The second-order valence-electron chi connectivity index (χ2n) is 8.47. The fraction of sp³-hybridized carbons (Fsp3) is 0.0667. The van der Waals surface area contributed by atoms with Crippen LogP contribution in [0.2, 0.25) is 0 Å². The Bertz CT molecular complexity index is 1570. The van der Waals surface area contributed by atoms with Crippen molar-refractivity contribution in [2.45, 2.75) is 15.0 Å².